The molecule has 0 saturated heterocycles. The van der Waals surface area contributed by atoms with Gasteiger partial charge < -0.3 is 13.9 Å². The lowest BCUT2D eigenvalue weighted by Gasteiger charge is -2.12. The quantitative estimate of drug-likeness (QED) is 0.420. The second-order valence-electron chi connectivity index (χ2n) is 5.98. The first-order chi connectivity index (χ1) is 13.1. The molecule has 2 aromatic heterocycles. The van der Waals surface area contributed by atoms with Gasteiger partial charge in [0.2, 0.25) is 0 Å². The molecule has 27 heavy (non-hydrogen) atoms. The average molecular weight is 399 g/mol. The van der Waals surface area contributed by atoms with Crippen molar-refractivity contribution in [2.24, 2.45) is 0 Å². The summed E-state index contributed by atoms with van der Waals surface area (Å²) >= 11 is 12.1. The SMILES string of the molecule is COc1cc(-c2cn3ccccc3n2)ccc1OCc1ccc(Cl)cc1Cl. The van der Waals surface area contributed by atoms with Crippen LogP contribution >= 0.6 is 23.2 Å². The van der Waals surface area contributed by atoms with Gasteiger partial charge >= 0.3 is 0 Å². The Hall–Kier alpha value is -2.69. The molecule has 0 bridgehead atoms. The van der Waals surface area contributed by atoms with Crippen molar-refractivity contribution >= 4 is 28.8 Å². The molecule has 0 saturated carbocycles. The van der Waals surface area contributed by atoms with Crippen LogP contribution in [-0.4, -0.2) is 16.5 Å². The van der Waals surface area contributed by atoms with E-state index in [4.69, 9.17) is 32.7 Å². The molecular weight excluding hydrogens is 383 g/mol. The molecule has 0 spiro atoms. The Morgan fingerprint density at radius 1 is 1.00 bits per heavy atom. The number of aromatic nitrogens is 2. The first-order valence-electron chi connectivity index (χ1n) is 8.33. The van der Waals surface area contributed by atoms with Crippen molar-refractivity contribution in [1.29, 1.82) is 0 Å². The van der Waals surface area contributed by atoms with E-state index in [1.807, 2.05) is 59.3 Å². The van der Waals surface area contributed by atoms with Gasteiger partial charge in [-0.05, 0) is 42.5 Å². The van der Waals surface area contributed by atoms with Gasteiger partial charge in [-0.25, -0.2) is 4.98 Å². The summed E-state index contributed by atoms with van der Waals surface area (Å²) < 4.78 is 13.4. The van der Waals surface area contributed by atoms with Crippen molar-refractivity contribution in [3.05, 3.63) is 82.6 Å². The molecule has 0 unspecified atom stereocenters. The largest absolute Gasteiger partial charge is 0.493 e. The third kappa shape index (κ3) is 3.72. The van der Waals surface area contributed by atoms with E-state index in [-0.39, 0.29) is 0 Å². The second kappa shape index (κ2) is 7.51. The predicted molar refractivity (Wildman–Crippen MR) is 108 cm³/mol. The van der Waals surface area contributed by atoms with Gasteiger partial charge in [0.25, 0.3) is 0 Å². The van der Waals surface area contributed by atoms with Gasteiger partial charge in [0, 0.05) is 33.6 Å². The number of methoxy groups -OCH3 is 1. The molecule has 4 rings (SSSR count). The standard InChI is InChI=1S/C21H16Cl2N2O2/c1-26-20-10-14(18-12-25-9-3-2-4-21(25)24-18)6-8-19(20)27-13-15-5-7-16(22)11-17(15)23/h2-12H,13H2,1H3. The maximum atomic E-state index is 6.21. The van der Waals surface area contributed by atoms with E-state index in [0.717, 1.165) is 22.5 Å². The van der Waals surface area contributed by atoms with Crippen LogP contribution in [0, 0.1) is 0 Å². The van der Waals surface area contributed by atoms with Crippen molar-refractivity contribution in [2.75, 3.05) is 7.11 Å². The first kappa shape index (κ1) is 17.7. The molecule has 0 amide bonds. The summed E-state index contributed by atoms with van der Waals surface area (Å²) in [5, 5.41) is 1.17. The second-order valence-corrected chi connectivity index (χ2v) is 6.83. The van der Waals surface area contributed by atoms with Crippen LogP contribution < -0.4 is 9.47 Å². The van der Waals surface area contributed by atoms with Crippen molar-refractivity contribution < 1.29 is 9.47 Å². The molecule has 0 fully saturated rings. The Morgan fingerprint density at radius 3 is 2.67 bits per heavy atom. The Kier molecular flexibility index (Phi) is 4.92. The first-order valence-corrected chi connectivity index (χ1v) is 9.08. The summed E-state index contributed by atoms with van der Waals surface area (Å²) in [6.07, 6.45) is 3.95. The molecular formula is C21H16Cl2N2O2. The average Bonchev–Trinajstić information content (AvgIpc) is 3.11. The fourth-order valence-corrected chi connectivity index (χ4v) is 3.28. The summed E-state index contributed by atoms with van der Waals surface area (Å²) in [6, 6.07) is 17.0. The van der Waals surface area contributed by atoms with E-state index in [9.17, 15) is 0 Å². The predicted octanol–water partition coefficient (Wildman–Crippen LogP) is 5.90. The van der Waals surface area contributed by atoms with Gasteiger partial charge in [-0.15, -0.1) is 0 Å². The number of pyridine rings is 1. The van der Waals surface area contributed by atoms with Crippen LogP contribution in [-0.2, 0) is 6.61 Å². The number of benzene rings is 2. The highest BCUT2D eigenvalue weighted by Crippen LogP contribution is 2.33. The zero-order chi connectivity index (χ0) is 18.8. The molecule has 4 aromatic rings. The number of nitrogens with zero attached hydrogens (tertiary/aromatic N) is 2. The van der Waals surface area contributed by atoms with E-state index in [1.54, 1.807) is 19.2 Å². The zero-order valence-electron chi connectivity index (χ0n) is 14.5. The summed E-state index contributed by atoms with van der Waals surface area (Å²) in [7, 11) is 1.62. The van der Waals surface area contributed by atoms with Gasteiger partial charge in [-0.1, -0.05) is 35.3 Å². The molecule has 0 N–H and O–H groups in total. The maximum absolute atomic E-state index is 6.21. The zero-order valence-corrected chi connectivity index (χ0v) is 16.0. The Labute approximate surface area is 166 Å². The molecule has 4 nitrogen and oxygen atoms in total. The molecule has 0 atom stereocenters. The number of hydrogen-bond donors (Lipinski definition) is 0. The van der Waals surface area contributed by atoms with Gasteiger partial charge in [0.1, 0.15) is 12.3 Å². The molecule has 0 aliphatic rings. The van der Waals surface area contributed by atoms with Crippen LogP contribution in [0.4, 0.5) is 0 Å². The minimum absolute atomic E-state index is 0.320. The number of ether oxygens (including phenoxy) is 2. The molecule has 0 radical (unpaired) electrons. The summed E-state index contributed by atoms with van der Waals surface area (Å²) in [4.78, 5) is 4.64. The topological polar surface area (TPSA) is 35.8 Å². The number of imidazole rings is 1. The maximum Gasteiger partial charge on any atom is 0.161 e. The van der Waals surface area contributed by atoms with Gasteiger partial charge in [0.15, 0.2) is 11.5 Å². The molecule has 2 heterocycles. The van der Waals surface area contributed by atoms with Gasteiger partial charge in [-0.2, -0.15) is 0 Å². The fourth-order valence-electron chi connectivity index (χ4n) is 2.81. The number of fused-ring (bicyclic) bond motifs is 1. The number of hydrogen-bond acceptors (Lipinski definition) is 3. The molecule has 136 valence electrons. The highest BCUT2D eigenvalue weighted by molar-refractivity contribution is 6.35. The summed E-state index contributed by atoms with van der Waals surface area (Å²) in [5.74, 6) is 1.27. The number of halogens is 2. The Balaban J connectivity index is 1.59. The van der Waals surface area contributed by atoms with Crippen molar-refractivity contribution in [3.63, 3.8) is 0 Å². The summed E-state index contributed by atoms with van der Waals surface area (Å²) in [5.41, 5.74) is 3.57. The highest BCUT2D eigenvalue weighted by Gasteiger charge is 2.11. The van der Waals surface area contributed by atoms with Crippen molar-refractivity contribution in [2.45, 2.75) is 6.61 Å². The van der Waals surface area contributed by atoms with E-state index in [2.05, 4.69) is 4.98 Å². The Morgan fingerprint density at radius 2 is 1.89 bits per heavy atom. The lowest BCUT2D eigenvalue weighted by Crippen LogP contribution is -1.98. The van der Waals surface area contributed by atoms with Gasteiger partial charge in [-0.3, -0.25) is 0 Å². The van der Waals surface area contributed by atoms with Crippen LogP contribution in [0.3, 0.4) is 0 Å². The van der Waals surface area contributed by atoms with Crippen LogP contribution in [0.15, 0.2) is 67.0 Å². The minimum Gasteiger partial charge on any atom is -0.493 e. The van der Waals surface area contributed by atoms with Crippen LogP contribution in [0.2, 0.25) is 10.0 Å². The van der Waals surface area contributed by atoms with E-state index in [1.165, 1.54) is 0 Å². The monoisotopic (exact) mass is 398 g/mol. The van der Waals surface area contributed by atoms with E-state index >= 15 is 0 Å². The highest BCUT2D eigenvalue weighted by atomic mass is 35.5. The van der Waals surface area contributed by atoms with Gasteiger partial charge in [0.05, 0.1) is 12.8 Å². The number of rotatable bonds is 5. The van der Waals surface area contributed by atoms with E-state index in [0.29, 0.717) is 28.2 Å². The fraction of sp³-hybridized carbons (Fsp3) is 0.0952. The van der Waals surface area contributed by atoms with Crippen molar-refractivity contribution in [1.82, 2.24) is 9.38 Å². The smallest absolute Gasteiger partial charge is 0.161 e. The Bertz CT molecular complexity index is 1080. The summed E-state index contributed by atoms with van der Waals surface area (Å²) in [6.45, 7) is 0.320. The lowest BCUT2D eigenvalue weighted by molar-refractivity contribution is 0.284. The lowest BCUT2D eigenvalue weighted by atomic mass is 10.1. The molecule has 6 heteroatoms. The molecule has 0 aliphatic carbocycles. The van der Waals surface area contributed by atoms with E-state index < -0.39 is 0 Å². The van der Waals surface area contributed by atoms with Crippen LogP contribution in [0.1, 0.15) is 5.56 Å². The normalized spacial score (nSPS) is 10.9. The molecule has 0 aliphatic heterocycles. The molecule has 2 aromatic carbocycles. The third-order valence-corrected chi connectivity index (χ3v) is 4.81. The minimum atomic E-state index is 0.320. The van der Waals surface area contributed by atoms with Crippen LogP contribution in [0.25, 0.3) is 16.9 Å². The van der Waals surface area contributed by atoms with Crippen molar-refractivity contribution in [3.8, 4) is 22.8 Å². The third-order valence-electron chi connectivity index (χ3n) is 4.22. The van der Waals surface area contributed by atoms with Crippen LogP contribution in [0.5, 0.6) is 11.5 Å².